The zero-order valence-electron chi connectivity index (χ0n) is 18.0. The van der Waals surface area contributed by atoms with E-state index in [9.17, 15) is 0 Å². The van der Waals surface area contributed by atoms with Crippen LogP contribution in [0, 0.1) is 5.92 Å². The Morgan fingerprint density at radius 1 is 0.969 bits per heavy atom. The number of H-pyrrole nitrogens is 1. The zero-order chi connectivity index (χ0) is 22.1. The smallest absolute Gasteiger partial charge is 0.157 e. The van der Waals surface area contributed by atoms with Crippen LogP contribution < -0.4 is 4.74 Å². The van der Waals surface area contributed by atoms with Gasteiger partial charge in [0.25, 0.3) is 0 Å². The third-order valence-electron chi connectivity index (χ3n) is 5.25. The second-order valence-electron chi connectivity index (χ2n) is 8.27. The van der Waals surface area contributed by atoms with Crippen LogP contribution in [0.2, 0.25) is 5.02 Å². The van der Waals surface area contributed by atoms with Crippen LogP contribution in [0.4, 0.5) is 0 Å². The van der Waals surface area contributed by atoms with Crippen LogP contribution in [0.3, 0.4) is 0 Å². The molecule has 5 rings (SSSR count). The van der Waals surface area contributed by atoms with Gasteiger partial charge in [-0.3, -0.25) is 4.98 Å². The minimum absolute atomic E-state index is 0.443. The summed E-state index contributed by atoms with van der Waals surface area (Å²) in [7, 11) is 0. The number of pyridine rings is 2. The van der Waals surface area contributed by atoms with Crippen LogP contribution in [-0.2, 0) is 6.42 Å². The third kappa shape index (κ3) is 4.16. The molecular weight excluding hydrogens is 420 g/mol. The third-order valence-corrected chi connectivity index (χ3v) is 5.48. The van der Waals surface area contributed by atoms with Crippen molar-refractivity contribution in [1.29, 1.82) is 0 Å². The SMILES string of the molecule is CC(C)COc1ccc(Cl)cc1Cc1cccc(-c2nc3cnc4ccccc4c3[nH]2)n1. The van der Waals surface area contributed by atoms with E-state index in [0.717, 1.165) is 50.5 Å². The van der Waals surface area contributed by atoms with E-state index in [4.69, 9.17) is 26.3 Å². The Morgan fingerprint density at radius 3 is 2.72 bits per heavy atom. The van der Waals surface area contributed by atoms with Crippen molar-refractivity contribution in [2.75, 3.05) is 6.61 Å². The molecule has 0 aliphatic carbocycles. The van der Waals surface area contributed by atoms with Crippen molar-refractivity contribution in [2.24, 2.45) is 5.92 Å². The number of aromatic nitrogens is 4. The summed E-state index contributed by atoms with van der Waals surface area (Å²) in [4.78, 5) is 17.6. The van der Waals surface area contributed by atoms with Gasteiger partial charge in [-0.25, -0.2) is 9.97 Å². The molecule has 0 atom stereocenters. The number of halogens is 1. The van der Waals surface area contributed by atoms with Crippen molar-refractivity contribution >= 4 is 33.5 Å². The summed E-state index contributed by atoms with van der Waals surface area (Å²) in [6.07, 6.45) is 2.42. The van der Waals surface area contributed by atoms with Gasteiger partial charge in [-0.05, 0) is 42.3 Å². The highest BCUT2D eigenvalue weighted by Crippen LogP contribution is 2.28. The summed E-state index contributed by atoms with van der Waals surface area (Å²) in [5.41, 5.74) is 5.45. The van der Waals surface area contributed by atoms with Gasteiger partial charge in [-0.15, -0.1) is 0 Å². The molecule has 160 valence electrons. The number of ether oxygens (including phenoxy) is 1. The fourth-order valence-electron chi connectivity index (χ4n) is 3.72. The molecule has 3 aromatic heterocycles. The quantitative estimate of drug-likeness (QED) is 0.328. The van der Waals surface area contributed by atoms with Crippen LogP contribution in [0.25, 0.3) is 33.5 Å². The lowest BCUT2D eigenvalue weighted by molar-refractivity contribution is 0.269. The van der Waals surface area contributed by atoms with Gasteiger partial charge >= 0.3 is 0 Å². The maximum absolute atomic E-state index is 6.27. The Morgan fingerprint density at radius 2 is 1.84 bits per heavy atom. The molecule has 0 saturated heterocycles. The number of hydrogen-bond acceptors (Lipinski definition) is 4. The molecule has 0 unspecified atom stereocenters. The van der Waals surface area contributed by atoms with Crippen LogP contribution in [-0.4, -0.2) is 26.5 Å². The lowest BCUT2D eigenvalue weighted by Gasteiger charge is -2.13. The predicted octanol–water partition coefficient (Wildman–Crippen LogP) is 6.45. The Bertz CT molecular complexity index is 1410. The van der Waals surface area contributed by atoms with E-state index in [1.54, 1.807) is 6.20 Å². The van der Waals surface area contributed by atoms with Crippen LogP contribution in [0.1, 0.15) is 25.1 Å². The van der Waals surface area contributed by atoms with E-state index in [-0.39, 0.29) is 0 Å². The van der Waals surface area contributed by atoms with E-state index in [0.29, 0.717) is 24.0 Å². The lowest BCUT2D eigenvalue weighted by Crippen LogP contribution is -2.06. The maximum Gasteiger partial charge on any atom is 0.157 e. The molecule has 3 heterocycles. The first-order valence-electron chi connectivity index (χ1n) is 10.7. The summed E-state index contributed by atoms with van der Waals surface area (Å²) >= 11 is 6.27. The lowest BCUT2D eigenvalue weighted by atomic mass is 10.1. The van der Waals surface area contributed by atoms with Crippen molar-refractivity contribution in [3.63, 3.8) is 0 Å². The molecule has 0 aliphatic heterocycles. The van der Waals surface area contributed by atoms with Gasteiger partial charge in [-0.1, -0.05) is 49.7 Å². The molecule has 0 saturated carbocycles. The molecule has 0 amide bonds. The topological polar surface area (TPSA) is 63.7 Å². The number of hydrogen-bond donors (Lipinski definition) is 1. The number of nitrogens with one attached hydrogen (secondary N) is 1. The summed E-state index contributed by atoms with van der Waals surface area (Å²) in [6, 6.07) is 19.8. The number of benzene rings is 2. The number of fused-ring (bicyclic) bond motifs is 3. The fourth-order valence-corrected chi connectivity index (χ4v) is 3.92. The van der Waals surface area contributed by atoms with Crippen molar-refractivity contribution in [3.8, 4) is 17.3 Å². The summed E-state index contributed by atoms with van der Waals surface area (Å²) in [5, 5.41) is 1.73. The minimum atomic E-state index is 0.443. The molecule has 1 N–H and O–H groups in total. The van der Waals surface area contributed by atoms with E-state index < -0.39 is 0 Å². The molecule has 2 aromatic carbocycles. The molecule has 5 aromatic rings. The highest BCUT2D eigenvalue weighted by molar-refractivity contribution is 6.30. The maximum atomic E-state index is 6.27. The average Bonchev–Trinajstić information content (AvgIpc) is 3.24. The second kappa shape index (κ2) is 8.60. The van der Waals surface area contributed by atoms with Gasteiger partial charge < -0.3 is 9.72 Å². The first-order chi connectivity index (χ1) is 15.6. The average molecular weight is 443 g/mol. The van der Waals surface area contributed by atoms with E-state index in [1.807, 2.05) is 60.7 Å². The Kier molecular flexibility index (Phi) is 5.50. The number of nitrogens with zero attached hydrogens (tertiary/aromatic N) is 3. The van der Waals surface area contributed by atoms with Crippen LogP contribution in [0.15, 0.2) is 66.9 Å². The van der Waals surface area contributed by atoms with Crippen LogP contribution in [0.5, 0.6) is 5.75 Å². The van der Waals surface area contributed by atoms with Gasteiger partial charge in [0.15, 0.2) is 5.82 Å². The molecule has 32 heavy (non-hydrogen) atoms. The molecule has 0 bridgehead atoms. The van der Waals surface area contributed by atoms with E-state index in [2.05, 4.69) is 23.8 Å². The van der Waals surface area contributed by atoms with Gasteiger partial charge in [0.2, 0.25) is 0 Å². The molecule has 5 nitrogen and oxygen atoms in total. The molecular formula is C26H23ClN4O. The first kappa shape index (κ1) is 20.5. The second-order valence-corrected chi connectivity index (χ2v) is 8.71. The normalized spacial score (nSPS) is 11.5. The number of imidazole rings is 1. The van der Waals surface area contributed by atoms with Crippen molar-refractivity contribution < 1.29 is 4.74 Å². The standard InChI is InChI=1S/C26H23ClN4O/c1-16(2)15-32-24-11-10-18(27)12-17(24)13-19-6-5-9-22(29-19)26-30-23-14-28-21-8-4-3-7-20(21)25(23)31-26/h3-12,14,16H,13,15H2,1-2H3,(H,30,31). The summed E-state index contributed by atoms with van der Waals surface area (Å²) < 4.78 is 6.01. The predicted molar refractivity (Wildman–Crippen MR) is 129 cm³/mol. The number of aromatic amines is 1. The Balaban J connectivity index is 1.48. The molecule has 6 heteroatoms. The summed E-state index contributed by atoms with van der Waals surface area (Å²) in [6.45, 7) is 4.92. The van der Waals surface area contributed by atoms with Crippen molar-refractivity contribution in [1.82, 2.24) is 19.9 Å². The molecule has 0 spiro atoms. The largest absolute Gasteiger partial charge is 0.493 e. The van der Waals surface area contributed by atoms with E-state index in [1.165, 1.54) is 0 Å². The fraction of sp³-hybridized carbons (Fsp3) is 0.192. The van der Waals surface area contributed by atoms with Crippen LogP contribution >= 0.6 is 11.6 Å². The zero-order valence-corrected chi connectivity index (χ0v) is 18.7. The highest BCUT2D eigenvalue weighted by atomic mass is 35.5. The summed E-state index contributed by atoms with van der Waals surface area (Å²) in [5.74, 6) is 2.01. The van der Waals surface area contributed by atoms with E-state index >= 15 is 0 Å². The molecule has 0 radical (unpaired) electrons. The van der Waals surface area contributed by atoms with Gasteiger partial charge in [0.1, 0.15) is 17.0 Å². The monoisotopic (exact) mass is 442 g/mol. The molecule has 0 fully saturated rings. The van der Waals surface area contributed by atoms with Gasteiger partial charge in [0.05, 0.1) is 23.8 Å². The van der Waals surface area contributed by atoms with Gasteiger partial charge in [0, 0.05) is 28.1 Å². The molecule has 0 aliphatic rings. The number of para-hydroxylation sites is 1. The van der Waals surface area contributed by atoms with Crippen molar-refractivity contribution in [2.45, 2.75) is 20.3 Å². The Labute approximate surface area is 191 Å². The van der Waals surface area contributed by atoms with Gasteiger partial charge in [-0.2, -0.15) is 0 Å². The number of rotatable bonds is 6. The van der Waals surface area contributed by atoms with Crippen molar-refractivity contribution in [3.05, 3.63) is 83.1 Å². The minimum Gasteiger partial charge on any atom is -0.493 e. The first-order valence-corrected chi connectivity index (χ1v) is 11.1. The Hall–Kier alpha value is -3.44. The highest BCUT2D eigenvalue weighted by Gasteiger charge is 2.12.